The average Bonchev–Trinajstić information content (AvgIpc) is 2.93. The standard InChI is InChI=1S/C27H27F3N6O3/c1-39-23-14-31-13-21(34-23)20-12-18-6-9-32-26(38)24(18)25(35-20)33-19-4-2-16(3-5-19)17-7-10-36(11-8-17)15-22(37)27(28,29)30/h2-6,9,12-14,17,22,37H,7-8,10-11,15H2,1H3,(H,32,38)(H,33,35). The molecule has 0 saturated carbocycles. The summed E-state index contributed by atoms with van der Waals surface area (Å²) < 4.78 is 43.2. The lowest BCUT2D eigenvalue weighted by molar-refractivity contribution is -0.208. The summed E-state index contributed by atoms with van der Waals surface area (Å²) in [5, 5.41) is 13.7. The van der Waals surface area contributed by atoms with Crippen LogP contribution in [0.3, 0.4) is 0 Å². The van der Waals surface area contributed by atoms with E-state index in [1.807, 2.05) is 24.3 Å². The summed E-state index contributed by atoms with van der Waals surface area (Å²) in [7, 11) is 1.50. The molecule has 1 aromatic carbocycles. The molecule has 0 bridgehead atoms. The number of β-amino-alcohol motifs (C(OH)–C–C–N with tert-alkyl or cyclic N) is 1. The molecule has 3 N–H and O–H groups in total. The molecule has 0 amide bonds. The zero-order valence-electron chi connectivity index (χ0n) is 21.1. The molecular formula is C27H27F3N6O3. The fourth-order valence-corrected chi connectivity index (χ4v) is 4.78. The lowest BCUT2D eigenvalue weighted by Gasteiger charge is -2.33. The number of nitrogens with zero attached hydrogens (tertiary/aromatic N) is 4. The number of nitrogens with one attached hydrogen (secondary N) is 2. The molecular weight excluding hydrogens is 513 g/mol. The molecule has 1 atom stereocenters. The number of rotatable bonds is 7. The Bertz CT molecular complexity index is 1500. The van der Waals surface area contributed by atoms with Crippen molar-refractivity contribution in [2.45, 2.75) is 31.0 Å². The van der Waals surface area contributed by atoms with Gasteiger partial charge >= 0.3 is 6.18 Å². The number of pyridine rings is 2. The van der Waals surface area contributed by atoms with Crippen molar-refractivity contribution in [1.82, 2.24) is 24.8 Å². The third-order valence-corrected chi connectivity index (χ3v) is 6.88. The number of fused-ring (bicyclic) bond motifs is 1. The van der Waals surface area contributed by atoms with Crippen molar-refractivity contribution >= 4 is 22.3 Å². The van der Waals surface area contributed by atoms with Crippen molar-refractivity contribution in [3.05, 3.63) is 70.9 Å². The van der Waals surface area contributed by atoms with E-state index in [2.05, 4.69) is 25.3 Å². The number of benzene rings is 1. The third kappa shape index (κ3) is 6.02. The highest BCUT2D eigenvalue weighted by atomic mass is 19.4. The van der Waals surface area contributed by atoms with Crippen LogP contribution in [0.2, 0.25) is 0 Å². The van der Waals surface area contributed by atoms with Crippen LogP contribution in [-0.2, 0) is 0 Å². The number of aliphatic hydroxyl groups excluding tert-OH is 1. The maximum absolute atomic E-state index is 12.7. The second kappa shape index (κ2) is 11.0. The number of anilines is 2. The Morgan fingerprint density at radius 2 is 1.87 bits per heavy atom. The Morgan fingerprint density at radius 3 is 2.56 bits per heavy atom. The predicted octanol–water partition coefficient (Wildman–Crippen LogP) is 4.23. The van der Waals surface area contributed by atoms with Crippen molar-refractivity contribution in [2.24, 2.45) is 0 Å². The molecule has 1 unspecified atom stereocenters. The summed E-state index contributed by atoms with van der Waals surface area (Å²) in [6.07, 6.45) is -0.912. The molecule has 1 fully saturated rings. The van der Waals surface area contributed by atoms with Gasteiger partial charge in [-0.05, 0) is 67.1 Å². The van der Waals surface area contributed by atoms with Crippen LogP contribution in [0.4, 0.5) is 24.7 Å². The summed E-state index contributed by atoms with van der Waals surface area (Å²) >= 11 is 0. The number of alkyl halides is 3. The van der Waals surface area contributed by atoms with E-state index in [0.717, 1.165) is 11.3 Å². The number of aromatic nitrogens is 4. The topological polar surface area (TPSA) is 116 Å². The van der Waals surface area contributed by atoms with E-state index < -0.39 is 18.8 Å². The highest BCUT2D eigenvalue weighted by molar-refractivity contribution is 5.94. The number of methoxy groups -OCH3 is 1. The van der Waals surface area contributed by atoms with Gasteiger partial charge in [0.1, 0.15) is 11.5 Å². The number of aromatic amines is 1. The zero-order chi connectivity index (χ0) is 27.6. The number of piperidine rings is 1. The number of hydrogen-bond acceptors (Lipinski definition) is 8. The summed E-state index contributed by atoms with van der Waals surface area (Å²) in [6, 6.07) is 11.3. The first-order chi connectivity index (χ1) is 18.7. The largest absolute Gasteiger partial charge is 0.480 e. The molecule has 5 rings (SSSR count). The van der Waals surface area contributed by atoms with E-state index in [-0.39, 0.29) is 11.5 Å². The van der Waals surface area contributed by atoms with E-state index in [1.165, 1.54) is 13.3 Å². The van der Waals surface area contributed by atoms with Crippen LogP contribution in [0.5, 0.6) is 5.88 Å². The van der Waals surface area contributed by atoms with Gasteiger partial charge in [-0.15, -0.1) is 0 Å². The fourth-order valence-electron chi connectivity index (χ4n) is 4.78. The van der Waals surface area contributed by atoms with Crippen LogP contribution in [0, 0.1) is 0 Å². The van der Waals surface area contributed by atoms with E-state index in [9.17, 15) is 23.1 Å². The van der Waals surface area contributed by atoms with Crippen molar-refractivity contribution < 1.29 is 23.0 Å². The third-order valence-electron chi connectivity index (χ3n) is 6.88. The van der Waals surface area contributed by atoms with E-state index in [1.54, 1.807) is 29.4 Å². The number of hydrogen-bond donors (Lipinski definition) is 3. The normalized spacial score (nSPS) is 15.8. The number of likely N-dealkylation sites (tertiary alicyclic amines) is 1. The van der Waals surface area contributed by atoms with Crippen molar-refractivity contribution in [2.75, 3.05) is 32.1 Å². The van der Waals surface area contributed by atoms with Gasteiger partial charge < -0.3 is 25.0 Å². The first kappa shape index (κ1) is 26.6. The van der Waals surface area contributed by atoms with Gasteiger partial charge in [0.25, 0.3) is 5.56 Å². The lowest BCUT2D eigenvalue weighted by Crippen LogP contribution is -2.43. The summed E-state index contributed by atoms with van der Waals surface area (Å²) in [5.74, 6) is 0.904. The van der Waals surface area contributed by atoms with E-state index >= 15 is 0 Å². The molecule has 204 valence electrons. The molecule has 4 aromatic rings. The smallest absolute Gasteiger partial charge is 0.415 e. The second-order valence-corrected chi connectivity index (χ2v) is 9.45. The highest BCUT2D eigenvalue weighted by Gasteiger charge is 2.39. The maximum atomic E-state index is 12.7. The van der Waals surface area contributed by atoms with Gasteiger partial charge in [0.2, 0.25) is 5.88 Å². The molecule has 0 radical (unpaired) electrons. The van der Waals surface area contributed by atoms with Crippen LogP contribution in [-0.4, -0.2) is 69.0 Å². The number of ether oxygens (including phenoxy) is 1. The number of H-pyrrole nitrogens is 1. The van der Waals surface area contributed by atoms with Gasteiger partial charge in [-0.3, -0.25) is 9.78 Å². The van der Waals surface area contributed by atoms with Gasteiger partial charge in [-0.2, -0.15) is 13.2 Å². The first-order valence-corrected chi connectivity index (χ1v) is 12.4. The van der Waals surface area contributed by atoms with Gasteiger partial charge in [0.05, 0.1) is 30.6 Å². The van der Waals surface area contributed by atoms with E-state index in [0.29, 0.717) is 59.8 Å². The Kier molecular flexibility index (Phi) is 7.49. The Hall–Kier alpha value is -4.03. The monoisotopic (exact) mass is 540 g/mol. The minimum absolute atomic E-state index is 0.204. The van der Waals surface area contributed by atoms with Crippen molar-refractivity contribution in [1.29, 1.82) is 0 Å². The van der Waals surface area contributed by atoms with Crippen LogP contribution >= 0.6 is 0 Å². The van der Waals surface area contributed by atoms with E-state index in [4.69, 9.17) is 4.74 Å². The molecule has 1 saturated heterocycles. The maximum Gasteiger partial charge on any atom is 0.415 e. The molecule has 0 aliphatic carbocycles. The van der Waals surface area contributed by atoms with Crippen molar-refractivity contribution in [3.8, 4) is 17.3 Å². The molecule has 12 heteroatoms. The lowest BCUT2D eigenvalue weighted by atomic mass is 9.89. The molecule has 3 aromatic heterocycles. The van der Waals surface area contributed by atoms with Gasteiger partial charge in [0.15, 0.2) is 6.10 Å². The fraction of sp³-hybridized carbons (Fsp3) is 0.333. The summed E-state index contributed by atoms with van der Waals surface area (Å²) in [5.41, 5.74) is 2.51. The summed E-state index contributed by atoms with van der Waals surface area (Å²) in [4.78, 5) is 30.2. The number of aliphatic hydroxyl groups is 1. The highest BCUT2D eigenvalue weighted by Crippen LogP contribution is 2.32. The first-order valence-electron chi connectivity index (χ1n) is 12.4. The summed E-state index contributed by atoms with van der Waals surface area (Å²) in [6.45, 7) is 0.562. The van der Waals surface area contributed by atoms with Gasteiger partial charge in [-0.25, -0.2) is 9.97 Å². The average molecular weight is 541 g/mol. The quantitative estimate of drug-likeness (QED) is 0.319. The zero-order valence-corrected chi connectivity index (χ0v) is 21.1. The SMILES string of the molecule is COc1cncc(-c2cc3cc[nH]c(=O)c3c(Nc3ccc(C4CCN(CC(O)C(F)(F)F)CC4)cc3)n2)n1. The van der Waals surface area contributed by atoms with Crippen LogP contribution in [0.1, 0.15) is 24.3 Å². The molecule has 1 aliphatic rings. The molecule has 0 spiro atoms. The second-order valence-electron chi connectivity index (χ2n) is 9.45. The minimum Gasteiger partial charge on any atom is -0.480 e. The number of halogens is 3. The Labute approximate surface area is 221 Å². The molecule has 4 heterocycles. The van der Waals surface area contributed by atoms with Crippen molar-refractivity contribution in [3.63, 3.8) is 0 Å². The Balaban J connectivity index is 1.34. The van der Waals surface area contributed by atoms with Crippen LogP contribution < -0.4 is 15.6 Å². The van der Waals surface area contributed by atoms with Gasteiger partial charge in [0, 0.05) is 18.4 Å². The predicted molar refractivity (Wildman–Crippen MR) is 140 cm³/mol. The minimum atomic E-state index is -4.61. The molecule has 1 aliphatic heterocycles. The van der Waals surface area contributed by atoms with Crippen LogP contribution in [0.15, 0.2) is 59.8 Å². The molecule has 9 nitrogen and oxygen atoms in total. The van der Waals surface area contributed by atoms with Gasteiger partial charge in [-0.1, -0.05) is 12.1 Å². The molecule has 39 heavy (non-hydrogen) atoms. The van der Waals surface area contributed by atoms with Crippen LogP contribution in [0.25, 0.3) is 22.2 Å². The Morgan fingerprint density at radius 1 is 1.13 bits per heavy atom.